The third-order valence-electron chi connectivity index (χ3n) is 5.14. The molecule has 3 rings (SSSR count). The zero-order valence-corrected chi connectivity index (χ0v) is 17.1. The molecule has 0 radical (unpaired) electrons. The highest BCUT2D eigenvalue weighted by molar-refractivity contribution is 6.30. The molecule has 150 valence electrons. The number of hydrogen-bond acceptors (Lipinski definition) is 3. The van der Waals surface area contributed by atoms with E-state index < -0.39 is 17.5 Å². The molecule has 1 aliphatic rings. The van der Waals surface area contributed by atoms with Gasteiger partial charge in [0, 0.05) is 35.4 Å². The SMILES string of the molecule is CCC(=O)N[C@]1(C)C[C@@H](c2cccc(Cl)c2)O[C@@H](c2cccc(OC)c2F)C1. The maximum absolute atomic E-state index is 14.9. The average molecular weight is 406 g/mol. The number of rotatable bonds is 5. The second kappa shape index (κ2) is 8.50. The number of nitrogens with one attached hydrogen (secondary N) is 1. The van der Waals surface area contributed by atoms with E-state index in [1.807, 2.05) is 32.0 Å². The Morgan fingerprint density at radius 2 is 2.00 bits per heavy atom. The lowest BCUT2D eigenvalue weighted by Gasteiger charge is -2.43. The predicted octanol–water partition coefficient (Wildman–Crippen LogP) is 5.37. The lowest BCUT2D eigenvalue weighted by molar-refractivity contribution is -0.128. The van der Waals surface area contributed by atoms with Gasteiger partial charge in [-0.1, -0.05) is 42.8 Å². The standard InChI is InChI=1S/C22H25ClFNO3/c1-4-20(26)25-22(2)12-18(14-7-5-8-15(23)11-14)28-19(13-22)16-9-6-10-17(27-3)21(16)24/h5-11,18-19H,4,12-13H2,1-3H3,(H,25,26)/t18-,19+,22+/m0/s1. The summed E-state index contributed by atoms with van der Waals surface area (Å²) < 4.78 is 26.3. The van der Waals surface area contributed by atoms with Crippen molar-refractivity contribution in [1.82, 2.24) is 5.32 Å². The number of benzene rings is 2. The predicted molar refractivity (Wildman–Crippen MR) is 107 cm³/mol. The molecule has 0 bridgehead atoms. The Hall–Kier alpha value is -2.11. The molecule has 3 atom stereocenters. The van der Waals surface area contributed by atoms with E-state index >= 15 is 0 Å². The molecule has 2 aromatic rings. The van der Waals surface area contributed by atoms with E-state index in [0.717, 1.165) is 5.56 Å². The first-order chi connectivity index (χ1) is 13.3. The average Bonchev–Trinajstić information content (AvgIpc) is 2.67. The Labute approximate surface area is 170 Å². The Morgan fingerprint density at radius 1 is 1.29 bits per heavy atom. The van der Waals surface area contributed by atoms with Gasteiger partial charge in [0.05, 0.1) is 19.3 Å². The summed E-state index contributed by atoms with van der Waals surface area (Å²) in [6, 6.07) is 12.5. The normalized spacial score (nSPS) is 24.6. The van der Waals surface area contributed by atoms with Crippen LogP contribution in [-0.2, 0) is 9.53 Å². The van der Waals surface area contributed by atoms with Crippen molar-refractivity contribution >= 4 is 17.5 Å². The van der Waals surface area contributed by atoms with E-state index in [1.54, 1.807) is 24.3 Å². The van der Waals surface area contributed by atoms with Crippen LogP contribution in [0.4, 0.5) is 4.39 Å². The molecule has 1 fully saturated rings. The highest BCUT2D eigenvalue weighted by atomic mass is 35.5. The fourth-order valence-electron chi connectivity index (χ4n) is 3.74. The number of carbonyl (C=O) groups excluding carboxylic acids is 1. The highest BCUT2D eigenvalue weighted by Crippen LogP contribution is 2.45. The van der Waals surface area contributed by atoms with Crippen molar-refractivity contribution in [3.05, 3.63) is 64.4 Å². The molecule has 6 heteroatoms. The summed E-state index contributed by atoms with van der Waals surface area (Å²) in [5, 5.41) is 3.71. The van der Waals surface area contributed by atoms with Crippen LogP contribution in [0.25, 0.3) is 0 Å². The van der Waals surface area contributed by atoms with Crippen LogP contribution in [0.1, 0.15) is 56.4 Å². The summed E-state index contributed by atoms with van der Waals surface area (Å²) in [6.07, 6.45) is 0.553. The molecule has 0 aromatic heterocycles. The first kappa shape index (κ1) is 20.6. The van der Waals surface area contributed by atoms with Gasteiger partial charge in [-0.05, 0) is 30.7 Å². The molecule has 1 saturated heterocycles. The smallest absolute Gasteiger partial charge is 0.220 e. The van der Waals surface area contributed by atoms with Crippen LogP contribution in [0.2, 0.25) is 5.02 Å². The minimum Gasteiger partial charge on any atom is -0.494 e. The van der Waals surface area contributed by atoms with Crippen molar-refractivity contribution in [2.75, 3.05) is 7.11 Å². The van der Waals surface area contributed by atoms with Gasteiger partial charge in [-0.2, -0.15) is 0 Å². The number of halogens is 2. The molecule has 0 unspecified atom stereocenters. The number of methoxy groups -OCH3 is 1. The number of carbonyl (C=O) groups is 1. The van der Waals surface area contributed by atoms with Crippen molar-refractivity contribution < 1.29 is 18.7 Å². The first-order valence-corrected chi connectivity index (χ1v) is 9.77. The summed E-state index contributed by atoms with van der Waals surface area (Å²) in [7, 11) is 1.43. The zero-order valence-electron chi connectivity index (χ0n) is 16.3. The molecule has 28 heavy (non-hydrogen) atoms. The van der Waals surface area contributed by atoms with Crippen molar-refractivity contribution in [2.45, 2.75) is 50.9 Å². The molecule has 2 aromatic carbocycles. The van der Waals surface area contributed by atoms with Crippen LogP contribution in [-0.4, -0.2) is 18.6 Å². The van der Waals surface area contributed by atoms with Gasteiger partial charge < -0.3 is 14.8 Å². The van der Waals surface area contributed by atoms with Crippen molar-refractivity contribution in [3.63, 3.8) is 0 Å². The van der Waals surface area contributed by atoms with Gasteiger partial charge in [0.1, 0.15) is 0 Å². The van der Waals surface area contributed by atoms with Crippen molar-refractivity contribution in [1.29, 1.82) is 0 Å². The molecule has 0 saturated carbocycles. The van der Waals surface area contributed by atoms with Crippen molar-refractivity contribution in [2.24, 2.45) is 0 Å². The summed E-state index contributed by atoms with van der Waals surface area (Å²) in [5.74, 6) is -0.310. The van der Waals surface area contributed by atoms with Crippen LogP contribution >= 0.6 is 11.6 Å². The Morgan fingerprint density at radius 3 is 2.68 bits per heavy atom. The Balaban J connectivity index is 1.99. The van der Waals surface area contributed by atoms with E-state index in [1.165, 1.54) is 7.11 Å². The van der Waals surface area contributed by atoms with E-state index in [-0.39, 0.29) is 17.8 Å². The zero-order chi connectivity index (χ0) is 20.3. The van der Waals surface area contributed by atoms with Gasteiger partial charge in [-0.25, -0.2) is 4.39 Å². The maximum Gasteiger partial charge on any atom is 0.220 e. The van der Waals surface area contributed by atoms with Crippen LogP contribution in [0.15, 0.2) is 42.5 Å². The topological polar surface area (TPSA) is 47.6 Å². The fraction of sp³-hybridized carbons (Fsp3) is 0.409. The number of hydrogen-bond donors (Lipinski definition) is 1. The second-order valence-electron chi connectivity index (χ2n) is 7.40. The van der Waals surface area contributed by atoms with Gasteiger partial charge >= 0.3 is 0 Å². The molecular weight excluding hydrogens is 381 g/mol. The number of amides is 1. The quantitative estimate of drug-likeness (QED) is 0.727. The van der Waals surface area contributed by atoms with E-state index in [9.17, 15) is 9.18 Å². The molecular formula is C22H25ClFNO3. The molecule has 4 nitrogen and oxygen atoms in total. The van der Waals surface area contributed by atoms with Crippen LogP contribution < -0.4 is 10.1 Å². The Bertz CT molecular complexity index is 859. The summed E-state index contributed by atoms with van der Waals surface area (Å²) >= 11 is 6.16. The van der Waals surface area contributed by atoms with Gasteiger partial charge in [0.25, 0.3) is 0 Å². The molecule has 1 amide bonds. The second-order valence-corrected chi connectivity index (χ2v) is 7.84. The van der Waals surface area contributed by atoms with E-state index in [4.69, 9.17) is 21.1 Å². The maximum atomic E-state index is 14.9. The lowest BCUT2D eigenvalue weighted by Crippen LogP contribution is -2.50. The first-order valence-electron chi connectivity index (χ1n) is 9.39. The Kier molecular flexibility index (Phi) is 6.26. The highest BCUT2D eigenvalue weighted by Gasteiger charge is 2.41. The van der Waals surface area contributed by atoms with E-state index in [2.05, 4.69) is 5.32 Å². The monoisotopic (exact) mass is 405 g/mol. The van der Waals surface area contributed by atoms with Crippen LogP contribution in [0.5, 0.6) is 5.75 Å². The van der Waals surface area contributed by atoms with Crippen LogP contribution in [0.3, 0.4) is 0 Å². The molecule has 0 spiro atoms. The molecule has 1 N–H and O–H groups in total. The third-order valence-corrected chi connectivity index (χ3v) is 5.38. The van der Waals surface area contributed by atoms with Gasteiger partial charge in [-0.15, -0.1) is 0 Å². The largest absolute Gasteiger partial charge is 0.494 e. The third kappa shape index (κ3) is 4.47. The van der Waals surface area contributed by atoms with E-state index in [0.29, 0.717) is 29.8 Å². The van der Waals surface area contributed by atoms with Crippen LogP contribution in [0, 0.1) is 5.82 Å². The summed E-state index contributed by atoms with van der Waals surface area (Å²) in [5.41, 5.74) is 0.777. The lowest BCUT2D eigenvalue weighted by atomic mass is 9.81. The minimum absolute atomic E-state index is 0.0425. The summed E-state index contributed by atoms with van der Waals surface area (Å²) in [6.45, 7) is 3.79. The van der Waals surface area contributed by atoms with Gasteiger partial charge in [0.2, 0.25) is 5.91 Å². The minimum atomic E-state index is -0.543. The molecule has 0 aliphatic carbocycles. The molecule has 1 aliphatic heterocycles. The molecule has 1 heterocycles. The number of ether oxygens (including phenoxy) is 2. The summed E-state index contributed by atoms with van der Waals surface area (Å²) in [4.78, 5) is 12.1. The van der Waals surface area contributed by atoms with Gasteiger partial charge in [-0.3, -0.25) is 4.79 Å². The van der Waals surface area contributed by atoms with Crippen molar-refractivity contribution in [3.8, 4) is 5.75 Å². The fourth-order valence-corrected chi connectivity index (χ4v) is 3.94. The van der Waals surface area contributed by atoms with Gasteiger partial charge in [0.15, 0.2) is 11.6 Å².